The molecule has 2 N–H and O–H groups in total. The van der Waals surface area contributed by atoms with E-state index in [1.165, 1.54) is 24.3 Å². The average Bonchev–Trinajstić information content (AvgIpc) is 2.41. The molecule has 0 bridgehead atoms. The summed E-state index contributed by atoms with van der Waals surface area (Å²) < 4.78 is 0. The molecule has 0 saturated carbocycles. The summed E-state index contributed by atoms with van der Waals surface area (Å²) in [5.74, 6) is -0.573. The summed E-state index contributed by atoms with van der Waals surface area (Å²) >= 11 is 0. The Balaban J connectivity index is 2.32. The molecule has 0 spiro atoms. The van der Waals surface area contributed by atoms with Crippen LogP contribution in [0, 0.1) is 17.0 Å². The Morgan fingerprint density at radius 1 is 1.25 bits per heavy atom. The van der Waals surface area contributed by atoms with E-state index in [4.69, 9.17) is 0 Å². The lowest BCUT2D eigenvalue weighted by Gasteiger charge is -2.08. The van der Waals surface area contributed by atoms with E-state index in [9.17, 15) is 20.0 Å². The van der Waals surface area contributed by atoms with Gasteiger partial charge in [0.05, 0.1) is 10.6 Å². The summed E-state index contributed by atoms with van der Waals surface area (Å²) in [5.41, 5.74) is 0.910. The van der Waals surface area contributed by atoms with Gasteiger partial charge in [0, 0.05) is 17.7 Å². The highest BCUT2D eigenvalue weighted by molar-refractivity contribution is 6.06. The third-order valence-electron chi connectivity index (χ3n) is 2.83. The Morgan fingerprint density at radius 3 is 2.60 bits per heavy atom. The minimum atomic E-state index is -0.559. The second kappa shape index (κ2) is 5.40. The molecule has 0 aliphatic carbocycles. The lowest BCUT2D eigenvalue weighted by atomic mass is 10.1. The molecule has 20 heavy (non-hydrogen) atoms. The fourth-order valence-electron chi connectivity index (χ4n) is 1.74. The Morgan fingerprint density at radius 2 is 1.95 bits per heavy atom. The van der Waals surface area contributed by atoms with Gasteiger partial charge in [-0.25, -0.2) is 0 Å². The van der Waals surface area contributed by atoms with Crippen LogP contribution in [0.4, 0.5) is 11.4 Å². The molecule has 0 aliphatic heterocycles. The van der Waals surface area contributed by atoms with Crippen molar-refractivity contribution in [3.05, 3.63) is 63.7 Å². The number of phenolic OH excluding ortho intramolecular Hbond substituents is 1. The number of phenols is 1. The number of benzene rings is 2. The van der Waals surface area contributed by atoms with E-state index in [1.807, 2.05) is 0 Å². The molecule has 0 saturated heterocycles. The van der Waals surface area contributed by atoms with Gasteiger partial charge in [0.2, 0.25) is 0 Å². The van der Waals surface area contributed by atoms with Crippen LogP contribution in [0.5, 0.6) is 5.75 Å². The van der Waals surface area contributed by atoms with Crippen molar-refractivity contribution >= 4 is 17.3 Å². The minimum Gasteiger partial charge on any atom is -0.506 e. The summed E-state index contributed by atoms with van der Waals surface area (Å²) in [6.07, 6.45) is 0. The van der Waals surface area contributed by atoms with Crippen molar-refractivity contribution in [2.24, 2.45) is 0 Å². The Labute approximate surface area is 114 Å². The number of non-ortho nitro benzene ring substituents is 1. The largest absolute Gasteiger partial charge is 0.506 e. The number of carbonyl (C=O) groups is 1. The van der Waals surface area contributed by atoms with E-state index >= 15 is 0 Å². The SMILES string of the molecule is Cc1ccc([N+](=O)[O-])cc1C(=O)Nc1ccccc1O. The first kappa shape index (κ1) is 13.5. The minimum absolute atomic E-state index is 0.0658. The number of anilines is 1. The number of carbonyl (C=O) groups excluding carboxylic acids is 1. The number of aromatic hydroxyl groups is 1. The zero-order valence-electron chi connectivity index (χ0n) is 10.7. The topological polar surface area (TPSA) is 92.5 Å². The van der Waals surface area contributed by atoms with Crippen molar-refractivity contribution in [3.63, 3.8) is 0 Å². The van der Waals surface area contributed by atoms with Crippen LogP contribution in [0.15, 0.2) is 42.5 Å². The van der Waals surface area contributed by atoms with Gasteiger partial charge in [0.1, 0.15) is 5.75 Å². The molecule has 0 unspecified atom stereocenters. The number of nitrogens with one attached hydrogen (secondary N) is 1. The van der Waals surface area contributed by atoms with Crippen molar-refractivity contribution in [2.75, 3.05) is 5.32 Å². The molecule has 0 radical (unpaired) electrons. The highest BCUT2D eigenvalue weighted by atomic mass is 16.6. The smallest absolute Gasteiger partial charge is 0.270 e. The standard InChI is InChI=1S/C14H12N2O4/c1-9-6-7-10(16(19)20)8-11(9)14(18)15-12-4-2-3-5-13(12)17/h2-8,17H,1H3,(H,15,18). The van der Waals surface area contributed by atoms with Crippen LogP contribution < -0.4 is 5.32 Å². The number of aryl methyl sites for hydroxylation is 1. The number of hydrogen-bond donors (Lipinski definition) is 2. The van der Waals surface area contributed by atoms with Gasteiger partial charge >= 0.3 is 0 Å². The van der Waals surface area contributed by atoms with E-state index in [1.54, 1.807) is 25.1 Å². The highest BCUT2D eigenvalue weighted by Gasteiger charge is 2.15. The molecule has 2 rings (SSSR count). The Bertz CT molecular complexity index is 683. The van der Waals surface area contributed by atoms with Crippen LogP contribution in [-0.2, 0) is 0 Å². The first-order chi connectivity index (χ1) is 9.49. The first-order valence-electron chi connectivity index (χ1n) is 5.83. The van der Waals surface area contributed by atoms with E-state index < -0.39 is 10.8 Å². The molecule has 6 nitrogen and oxygen atoms in total. The third kappa shape index (κ3) is 2.74. The molecule has 102 valence electrons. The average molecular weight is 272 g/mol. The molecule has 0 atom stereocenters. The van der Waals surface area contributed by atoms with Crippen LogP contribution in [0.25, 0.3) is 0 Å². The normalized spacial score (nSPS) is 10.1. The summed E-state index contributed by atoms with van der Waals surface area (Å²) in [4.78, 5) is 22.3. The molecule has 0 heterocycles. The fraction of sp³-hybridized carbons (Fsp3) is 0.0714. The summed E-state index contributed by atoms with van der Waals surface area (Å²) in [5, 5.41) is 22.9. The number of hydrogen-bond acceptors (Lipinski definition) is 4. The maximum absolute atomic E-state index is 12.1. The van der Waals surface area contributed by atoms with Crippen LogP contribution in [-0.4, -0.2) is 15.9 Å². The maximum Gasteiger partial charge on any atom is 0.270 e. The van der Waals surface area contributed by atoms with Gasteiger partial charge < -0.3 is 10.4 Å². The third-order valence-corrected chi connectivity index (χ3v) is 2.83. The van der Waals surface area contributed by atoms with E-state index in [2.05, 4.69) is 5.32 Å². The van der Waals surface area contributed by atoms with Gasteiger partial charge in [-0.2, -0.15) is 0 Å². The van der Waals surface area contributed by atoms with Gasteiger partial charge in [0.15, 0.2) is 0 Å². The zero-order chi connectivity index (χ0) is 14.7. The molecule has 2 aromatic rings. The van der Waals surface area contributed by atoms with Crippen molar-refractivity contribution in [1.82, 2.24) is 0 Å². The molecule has 0 aromatic heterocycles. The van der Waals surface area contributed by atoms with Crippen LogP contribution >= 0.6 is 0 Å². The van der Waals surface area contributed by atoms with E-state index in [0.717, 1.165) is 0 Å². The lowest BCUT2D eigenvalue weighted by Crippen LogP contribution is -2.13. The number of nitro benzene ring substituents is 1. The number of para-hydroxylation sites is 2. The number of nitro groups is 1. The molecule has 0 aliphatic rings. The first-order valence-corrected chi connectivity index (χ1v) is 5.83. The van der Waals surface area contributed by atoms with Crippen molar-refractivity contribution in [1.29, 1.82) is 0 Å². The predicted octanol–water partition coefficient (Wildman–Crippen LogP) is 2.86. The monoisotopic (exact) mass is 272 g/mol. The Kier molecular flexibility index (Phi) is 3.65. The van der Waals surface area contributed by atoms with Crippen molar-refractivity contribution < 1.29 is 14.8 Å². The van der Waals surface area contributed by atoms with Gasteiger partial charge in [-0.05, 0) is 24.6 Å². The Hall–Kier alpha value is -2.89. The zero-order valence-corrected chi connectivity index (χ0v) is 10.7. The predicted molar refractivity (Wildman–Crippen MR) is 73.9 cm³/mol. The second-order valence-electron chi connectivity index (χ2n) is 4.23. The van der Waals surface area contributed by atoms with Crippen LogP contribution in [0.2, 0.25) is 0 Å². The number of rotatable bonds is 3. The van der Waals surface area contributed by atoms with Crippen LogP contribution in [0.3, 0.4) is 0 Å². The van der Waals surface area contributed by atoms with Gasteiger partial charge in [-0.3, -0.25) is 14.9 Å². The van der Waals surface area contributed by atoms with Gasteiger partial charge in [-0.1, -0.05) is 18.2 Å². The molecular formula is C14H12N2O4. The molecule has 6 heteroatoms. The van der Waals surface area contributed by atoms with Gasteiger partial charge in [-0.15, -0.1) is 0 Å². The van der Waals surface area contributed by atoms with Crippen molar-refractivity contribution in [2.45, 2.75) is 6.92 Å². The van der Waals surface area contributed by atoms with Crippen molar-refractivity contribution in [3.8, 4) is 5.75 Å². The van der Waals surface area contributed by atoms with E-state index in [-0.39, 0.29) is 22.7 Å². The molecule has 1 amide bonds. The maximum atomic E-state index is 12.1. The van der Waals surface area contributed by atoms with Crippen LogP contribution in [0.1, 0.15) is 15.9 Å². The summed E-state index contributed by atoms with van der Waals surface area (Å²) in [7, 11) is 0. The fourth-order valence-corrected chi connectivity index (χ4v) is 1.74. The second-order valence-corrected chi connectivity index (χ2v) is 4.23. The molecule has 2 aromatic carbocycles. The lowest BCUT2D eigenvalue weighted by molar-refractivity contribution is -0.384. The summed E-state index contributed by atoms with van der Waals surface area (Å²) in [6.45, 7) is 1.68. The number of nitrogens with zero attached hydrogens (tertiary/aromatic N) is 1. The number of amides is 1. The quantitative estimate of drug-likeness (QED) is 0.510. The molecular weight excluding hydrogens is 260 g/mol. The summed E-state index contributed by atoms with van der Waals surface area (Å²) in [6, 6.07) is 10.3. The van der Waals surface area contributed by atoms with Gasteiger partial charge in [0.25, 0.3) is 11.6 Å². The molecule has 0 fully saturated rings. The highest BCUT2D eigenvalue weighted by Crippen LogP contribution is 2.24. The van der Waals surface area contributed by atoms with E-state index in [0.29, 0.717) is 5.56 Å².